The zero-order valence-electron chi connectivity index (χ0n) is 10.6. The molecule has 1 atom stereocenters. The van der Waals surface area contributed by atoms with E-state index in [1.54, 1.807) is 6.20 Å². The van der Waals surface area contributed by atoms with Gasteiger partial charge in [-0.05, 0) is 34.6 Å². The fourth-order valence-corrected chi connectivity index (χ4v) is 3.26. The van der Waals surface area contributed by atoms with Crippen LogP contribution in [0.5, 0.6) is 0 Å². The van der Waals surface area contributed by atoms with E-state index in [1.165, 1.54) is 0 Å². The van der Waals surface area contributed by atoms with Crippen LogP contribution in [0.2, 0.25) is 10.0 Å². The Morgan fingerprint density at radius 2 is 2.00 bits per heavy atom. The second-order valence-corrected chi connectivity index (χ2v) is 5.80. The lowest BCUT2D eigenvalue weighted by Crippen LogP contribution is -2.25. The molecular formula is C13H14BrCl2N3. The number of aromatic nitrogens is 2. The molecule has 0 amide bonds. The predicted octanol–water partition coefficient (Wildman–Crippen LogP) is 4.19. The van der Waals surface area contributed by atoms with E-state index >= 15 is 0 Å². The zero-order chi connectivity index (χ0) is 14.0. The molecule has 1 heterocycles. The van der Waals surface area contributed by atoms with Crippen LogP contribution in [-0.4, -0.2) is 16.3 Å². The maximum atomic E-state index is 6.31. The first-order chi connectivity index (χ1) is 9.06. The topological polar surface area (TPSA) is 29.9 Å². The largest absolute Gasteiger partial charge is 0.305 e. The van der Waals surface area contributed by atoms with Gasteiger partial charge < -0.3 is 5.32 Å². The van der Waals surface area contributed by atoms with Gasteiger partial charge >= 0.3 is 0 Å². The summed E-state index contributed by atoms with van der Waals surface area (Å²) in [6.07, 6.45) is 1.77. The molecule has 0 aliphatic heterocycles. The monoisotopic (exact) mass is 361 g/mol. The molecule has 102 valence electrons. The third-order valence-corrected chi connectivity index (χ3v) is 4.18. The Morgan fingerprint density at radius 1 is 1.37 bits per heavy atom. The van der Waals surface area contributed by atoms with Crippen molar-refractivity contribution in [2.24, 2.45) is 7.05 Å². The lowest BCUT2D eigenvalue weighted by Gasteiger charge is -2.21. The summed E-state index contributed by atoms with van der Waals surface area (Å²) in [7, 11) is 1.90. The van der Waals surface area contributed by atoms with Crippen molar-refractivity contribution in [2.45, 2.75) is 13.0 Å². The molecule has 0 aliphatic rings. The number of benzene rings is 1. The first-order valence-electron chi connectivity index (χ1n) is 5.91. The molecule has 1 aromatic carbocycles. The summed E-state index contributed by atoms with van der Waals surface area (Å²) in [6.45, 7) is 2.84. The molecule has 1 unspecified atom stereocenters. The summed E-state index contributed by atoms with van der Waals surface area (Å²) < 4.78 is 2.74. The minimum absolute atomic E-state index is 0.104. The van der Waals surface area contributed by atoms with Crippen LogP contribution in [0.1, 0.15) is 24.2 Å². The van der Waals surface area contributed by atoms with Crippen LogP contribution in [0, 0.1) is 0 Å². The molecule has 0 fully saturated rings. The average molecular weight is 363 g/mol. The highest BCUT2D eigenvalue weighted by Gasteiger charge is 2.24. The maximum Gasteiger partial charge on any atom is 0.0788 e. The quantitative estimate of drug-likeness (QED) is 0.883. The lowest BCUT2D eigenvalue weighted by molar-refractivity contribution is 0.571. The summed E-state index contributed by atoms with van der Waals surface area (Å²) in [5, 5.41) is 8.94. The second-order valence-electron chi connectivity index (χ2n) is 4.13. The fraction of sp³-hybridized carbons (Fsp3) is 0.308. The number of rotatable bonds is 4. The maximum absolute atomic E-state index is 6.31. The fourth-order valence-electron chi connectivity index (χ4n) is 2.07. The molecule has 0 radical (unpaired) electrons. The Hall–Kier alpha value is -0.550. The SMILES string of the molecule is CCNC(c1c(Cl)cccc1Cl)c1c(Br)cnn1C. The standard InChI is InChI=1S/C13H14BrCl2N3/c1-3-17-12(13-8(14)7-18-19(13)2)11-9(15)5-4-6-10(11)16/h4-7,12,17H,3H2,1-2H3. The number of hydrogen-bond acceptors (Lipinski definition) is 2. The third kappa shape index (κ3) is 2.97. The van der Waals surface area contributed by atoms with Crippen LogP contribution in [0.15, 0.2) is 28.9 Å². The highest BCUT2D eigenvalue weighted by molar-refractivity contribution is 9.10. The Kier molecular flexibility index (Phi) is 4.90. The van der Waals surface area contributed by atoms with Crippen molar-refractivity contribution >= 4 is 39.1 Å². The number of nitrogens with zero attached hydrogens (tertiary/aromatic N) is 2. The predicted molar refractivity (Wildman–Crippen MR) is 82.9 cm³/mol. The molecule has 19 heavy (non-hydrogen) atoms. The molecule has 0 aliphatic carbocycles. The summed E-state index contributed by atoms with van der Waals surface area (Å²) in [5.41, 5.74) is 1.87. The van der Waals surface area contributed by atoms with Gasteiger partial charge in [0, 0.05) is 22.7 Å². The van der Waals surface area contributed by atoms with Crippen LogP contribution in [0.25, 0.3) is 0 Å². The zero-order valence-corrected chi connectivity index (χ0v) is 13.7. The Bertz CT molecular complexity index is 544. The molecule has 1 aromatic heterocycles. The van der Waals surface area contributed by atoms with Gasteiger partial charge in [0.15, 0.2) is 0 Å². The summed E-state index contributed by atoms with van der Waals surface area (Å²) >= 11 is 16.1. The van der Waals surface area contributed by atoms with E-state index < -0.39 is 0 Å². The van der Waals surface area contributed by atoms with Crippen molar-refractivity contribution in [1.82, 2.24) is 15.1 Å². The molecular weight excluding hydrogens is 349 g/mol. The minimum atomic E-state index is -0.104. The molecule has 1 N–H and O–H groups in total. The molecule has 2 aromatic rings. The average Bonchev–Trinajstić information content (AvgIpc) is 2.68. The van der Waals surface area contributed by atoms with E-state index in [0.29, 0.717) is 10.0 Å². The number of halogens is 3. The highest BCUT2D eigenvalue weighted by atomic mass is 79.9. The van der Waals surface area contributed by atoms with Gasteiger partial charge in [0.1, 0.15) is 0 Å². The van der Waals surface area contributed by atoms with E-state index in [2.05, 4.69) is 26.3 Å². The van der Waals surface area contributed by atoms with Crippen molar-refractivity contribution < 1.29 is 0 Å². The Morgan fingerprint density at radius 3 is 2.47 bits per heavy atom. The number of nitrogens with one attached hydrogen (secondary N) is 1. The van der Waals surface area contributed by atoms with Crippen molar-refractivity contribution in [3.63, 3.8) is 0 Å². The molecule has 2 rings (SSSR count). The molecule has 0 saturated carbocycles. The number of hydrogen-bond donors (Lipinski definition) is 1. The van der Waals surface area contributed by atoms with Crippen LogP contribution < -0.4 is 5.32 Å². The molecule has 0 spiro atoms. The summed E-state index contributed by atoms with van der Waals surface area (Å²) in [5.74, 6) is 0. The Labute approximate surface area is 131 Å². The lowest BCUT2D eigenvalue weighted by atomic mass is 10.0. The van der Waals surface area contributed by atoms with E-state index in [4.69, 9.17) is 23.2 Å². The van der Waals surface area contributed by atoms with Crippen molar-refractivity contribution in [3.05, 3.63) is 50.2 Å². The molecule has 0 bridgehead atoms. The Balaban J connectivity index is 2.58. The second kappa shape index (κ2) is 6.27. The summed E-state index contributed by atoms with van der Waals surface area (Å²) in [6, 6.07) is 5.43. The highest BCUT2D eigenvalue weighted by Crippen LogP contribution is 2.36. The van der Waals surface area contributed by atoms with Gasteiger partial charge in [0.25, 0.3) is 0 Å². The van der Waals surface area contributed by atoms with Gasteiger partial charge in [-0.3, -0.25) is 4.68 Å². The number of aryl methyl sites for hydroxylation is 1. The van der Waals surface area contributed by atoms with Gasteiger partial charge in [0.05, 0.1) is 22.4 Å². The van der Waals surface area contributed by atoms with Gasteiger partial charge in [-0.15, -0.1) is 0 Å². The third-order valence-electron chi connectivity index (χ3n) is 2.91. The van der Waals surface area contributed by atoms with E-state index in [0.717, 1.165) is 22.3 Å². The van der Waals surface area contributed by atoms with Crippen LogP contribution in [0.4, 0.5) is 0 Å². The van der Waals surface area contributed by atoms with E-state index in [1.807, 2.05) is 36.9 Å². The molecule has 0 saturated heterocycles. The van der Waals surface area contributed by atoms with Gasteiger partial charge in [-0.25, -0.2) is 0 Å². The summed E-state index contributed by atoms with van der Waals surface area (Å²) in [4.78, 5) is 0. The van der Waals surface area contributed by atoms with Gasteiger partial charge in [0.2, 0.25) is 0 Å². The van der Waals surface area contributed by atoms with Crippen molar-refractivity contribution in [3.8, 4) is 0 Å². The normalized spacial score (nSPS) is 12.7. The molecule has 3 nitrogen and oxygen atoms in total. The first-order valence-corrected chi connectivity index (χ1v) is 7.45. The minimum Gasteiger partial charge on any atom is -0.305 e. The van der Waals surface area contributed by atoms with Gasteiger partial charge in [-0.1, -0.05) is 36.2 Å². The van der Waals surface area contributed by atoms with Gasteiger partial charge in [-0.2, -0.15) is 5.10 Å². The molecule has 6 heteroatoms. The first kappa shape index (κ1) is 14.9. The van der Waals surface area contributed by atoms with Crippen LogP contribution >= 0.6 is 39.1 Å². The smallest absolute Gasteiger partial charge is 0.0788 e. The van der Waals surface area contributed by atoms with Crippen molar-refractivity contribution in [2.75, 3.05) is 6.54 Å². The van der Waals surface area contributed by atoms with Crippen LogP contribution in [0.3, 0.4) is 0 Å². The van der Waals surface area contributed by atoms with Crippen LogP contribution in [-0.2, 0) is 7.05 Å². The van der Waals surface area contributed by atoms with Crippen molar-refractivity contribution in [1.29, 1.82) is 0 Å². The van der Waals surface area contributed by atoms with E-state index in [-0.39, 0.29) is 6.04 Å². The van der Waals surface area contributed by atoms with E-state index in [9.17, 15) is 0 Å².